The summed E-state index contributed by atoms with van der Waals surface area (Å²) in [6.07, 6.45) is 0.716. The number of hydrogen-bond donors (Lipinski definition) is 1. The molecule has 34 heavy (non-hydrogen) atoms. The fourth-order valence-corrected chi connectivity index (χ4v) is 4.25. The van der Waals surface area contributed by atoms with Crippen LogP contribution in [0.2, 0.25) is 0 Å². The predicted octanol–water partition coefficient (Wildman–Crippen LogP) is 2.77. The Hall–Kier alpha value is -2.98. The van der Waals surface area contributed by atoms with Crippen molar-refractivity contribution in [3.63, 3.8) is 0 Å². The number of rotatable bonds is 11. The van der Waals surface area contributed by atoms with Crippen LogP contribution in [0.1, 0.15) is 32.8 Å². The molecule has 0 unspecified atom stereocenters. The van der Waals surface area contributed by atoms with Gasteiger partial charge in [-0.2, -0.15) is 12.7 Å². The zero-order valence-electron chi connectivity index (χ0n) is 20.2. The van der Waals surface area contributed by atoms with Gasteiger partial charge in [0.05, 0.1) is 5.69 Å². The fourth-order valence-electron chi connectivity index (χ4n) is 3.18. The minimum atomic E-state index is -4.21. The van der Waals surface area contributed by atoms with E-state index >= 15 is 0 Å². The van der Waals surface area contributed by atoms with Gasteiger partial charge in [-0.3, -0.25) is 9.59 Å². The largest absolute Gasteiger partial charge is 0.352 e. The van der Waals surface area contributed by atoms with E-state index in [1.165, 1.54) is 37.2 Å². The van der Waals surface area contributed by atoms with Crippen LogP contribution in [0, 0.1) is 5.82 Å². The SMILES string of the molecule is CC[C@H](C)NC(=O)[C@H](C)N(Cc1ccccc1)C(=O)CN(c1ccccc1F)S(=O)(=O)N(C)C. The minimum absolute atomic E-state index is 0.0852. The lowest BCUT2D eigenvalue weighted by atomic mass is 10.1. The number of amides is 2. The van der Waals surface area contributed by atoms with Gasteiger partial charge in [-0.1, -0.05) is 49.4 Å². The average molecular weight is 493 g/mol. The number of hydrogen-bond acceptors (Lipinski definition) is 4. The number of carbonyl (C=O) groups excluding carboxylic acids is 2. The summed E-state index contributed by atoms with van der Waals surface area (Å²) in [4.78, 5) is 27.7. The first-order chi connectivity index (χ1) is 16.0. The molecule has 2 rings (SSSR count). The summed E-state index contributed by atoms with van der Waals surface area (Å²) in [7, 11) is -1.60. The van der Waals surface area contributed by atoms with Crippen molar-refractivity contribution in [2.24, 2.45) is 0 Å². The van der Waals surface area contributed by atoms with Gasteiger partial charge in [-0.25, -0.2) is 8.70 Å². The maximum absolute atomic E-state index is 14.6. The normalized spacial score (nSPS) is 13.3. The van der Waals surface area contributed by atoms with Crippen LogP contribution < -0.4 is 9.62 Å². The third-order valence-corrected chi connectivity index (χ3v) is 7.31. The summed E-state index contributed by atoms with van der Waals surface area (Å²) in [6.45, 7) is 4.79. The van der Waals surface area contributed by atoms with Crippen LogP contribution in [-0.4, -0.2) is 62.2 Å². The van der Waals surface area contributed by atoms with Crippen molar-refractivity contribution in [3.8, 4) is 0 Å². The Morgan fingerprint density at radius 2 is 1.59 bits per heavy atom. The zero-order chi connectivity index (χ0) is 25.5. The molecule has 0 heterocycles. The van der Waals surface area contributed by atoms with Gasteiger partial charge < -0.3 is 10.2 Å². The summed E-state index contributed by atoms with van der Waals surface area (Å²) in [5, 5.41) is 2.86. The number of anilines is 1. The van der Waals surface area contributed by atoms with Gasteiger partial charge in [-0.05, 0) is 38.0 Å². The third kappa shape index (κ3) is 6.77. The molecule has 0 aliphatic heterocycles. The predicted molar refractivity (Wildman–Crippen MR) is 131 cm³/mol. The highest BCUT2D eigenvalue weighted by Crippen LogP contribution is 2.23. The van der Waals surface area contributed by atoms with Gasteiger partial charge >= 0.3 is 10.2 Å². The Morgan fingerprint density at radius 1 is 1.00 bits per heavy atom. The van der Waals surface area contributed by atoms with E-state index in [1.54, 1.807) is 6.92 Å². The second kappa shape index (κ2) is 11.9. The lowest BCUT2D eigenvalue weighted by Crippen LogP contribution is -2.53. The molecule has 2 amide bonds. The summed E-state index contributed by atoms with van der Waals surface area (Å²) >= 11 is 0. The van der Waals surface area contributed by atoms with Gasteiger partial charge in [-0.15, -0.1) is 0 Å². The molecule has 10 heteroatoms. The van der Waals surface area contributed by atoms with Crippen molar-refractivity contribution < 1.29 is 22.4 Å². The number of para-hydroxylation sites is 1. The van der Waals surface area contributed by atoms with Crippen molar-refractivity contribution in [1.82, 2.24) is 14.5 Å². The van der Waals surface area contributed by atoms with Gasteiger partial charge in [0.15, 0.2) is 0 Å². The summed E-state index contributed by atoms with van der Waals surface area (Å²) in [5.74, 6) is -1.77. The van der Waals surface area contributed by atoms with Crippen molar-refractivity contribution in [2.75, 3.05) is 24.9 Å². The molecular weight excluding hydrogens is 459 g/mol. The highest BCUT2D eigenvalue weighted by Gasteiger charge is 2.33. The molecule has 0 radical (unpaired) electrons. The van der Waals surface area contributed by atoms with Crippen molar-refractivity contribution in [1.29, 1.82) is 0 Å². The van der Waals surface area contributed by atoms with Gasteiger partial charge in [0.25, 0.3) is 0 Å². The van der Waals surface area contributed by atoms with Crippen LogP contribution in [0.3, 0.4) is 0 Å². The number of carbonyl (C=O) groups is 2. The van der Waals surface area contributed by atoms with Crippen LogP contribution in [0.4, 0.5) is 10.1 Å². The highest BCUT2D eigenvalue weighted by molar-refractivity contribution is 7.90. The molecule has 0 saturated heterocycles. The fraction of sp³-hybridized carbons (Fsp3) is 0.417. The van der Waals surface area contributed by atoms with E-state index in [0.717, 1.165) is 20.2 Å². The molecule has 186 valence electrons. The zero-order valence-corrected chi connectivity index (χ0v) is 21.0. The van der Waals surface area contributed by atoms with Crippen LogP contribution in [0.25, 0.3) is 0 Å². The second-order valence-electron chi connectivity index (χ2n) is 8.25. The van der Waals surface area contributed by atoms with E-state index in [1.807, 2.05) is 44.2 Å². The first kappa shape index (κ1) is 27.3. The van der Waals surface area contributed by atoms with E-state index < -0.39 is 34.5 Å². The molecule has 8 nitrogen and oxygen atoms in total. The van der Waals surface area contributed by atoms with Crippen LogP contribution >= 0.6 is 0 Å². The monoisotopic (exact) mass is 492 g/mol. The molecule has 0 spiro atoms. The Kier molecular flexibility index (Phi) is 9.57. The highest BCUT2D eigenvalue weighted by atomic mass is 32.2. The smallest absolute Gasteiger partial charge is 0.304 e. The van der Waals surface area contributed by atoms with Gasteiger partial charge in [0.2, 0.25) is 11.8 Å². The Bertz CT molecular complexity index is 1080. The maximum atomic E-state index is 14.6. The molecule has 0 saturated carbocycles. The van der Waals surface area contributed by atoms with Crippen molar-refractivity contribution in [3.05, 3.63) is 66.0 Å². The topological polar surface area (TPSA) is 90.0 Å². The quantitative estimate of drug-likeness (QED) is 0.522. The lowest BCUT2D eigenvalue weighted by Gasteiger charge is -2.33. The van der Waals surface area contributed by atoms with Crippen LogP contribution in [0.5, 0.6) is 0 Å². The van der Waals surface area contributed by atoms with E-state index in [4.69, 9.17) is 0 Å². The molecule has 0 aromatic heterocycles. The Balaban J connectivity index is 2.44. The number of benzene rings is 2. The summed E-state index contributed by atoms with van der Waals surface area (Å²) in [5.41, 5.74) is 0.521. The van der Waals surface area contributed by atoms with E-state index in [0.29, 0.717) is 6.42 Å². The molecule has 0 fully saturated rings. The second-order valence-corrected chi connectivity index (χ2v) is 10.3. The van der Waals surface area contributed by atoms with Crippen molar-refractivity contribution >= 4 is 27.7 Å². The molecule has 2 aromatic carbocycles. The lowest BCUT2D eigenvalue weighted by molar-refractivity contribution is -0.139. The maximum Gasteiger partial charge on any atom is 0.304 e. The number of halogens is 1. The molecule has 1 N–H and O–H groups in total. The first-order valence-corrected chi connectivity index (χ1v) is 12.5. The number of nitrogens with zero attached hydrogens (tertiary/aromatic N) is 3. The van der Waals surface area contributed by atoms with E-state index in [-0.39, 0.29) is 24.2 Å². The minimum Gasteiger partial charge on any atom is -0.352 e. The van der Waals surface area contributed by atoms with Crippen LogP contribution in [0.15, 0.2) is 54.6 Å². The van der Waals surface area contributed by atoms with Crippen LogP contribution in [-0.2, 0) is 26.3 Å². The molecule has 0 aliphatic rings. The molecule has 2 aromatic rings. The molecule has 0 aliphatic carbocycles. The average Bonchev–Trinajstić information content (AvgIpc) is 2.81. The van der Waals surface area contributed by atoms with Gasteiger partial charge in [0, 0.05) is 26.7 Å². The van der Waals surface area contributed by atoms with E-state index in [9.17, 15) is 22.4 Å². The van der Waals surface area contributed by atoms with E-state index in [2.05, 4.69) is 5.32 Å². The number of nitrogens with one attached hydrogen (secondary N) is 1. The van der Waals surface area contributed by atoms with Gasteiger partial charge in [0.1, 0.15) is 18.4 Å². The van der Waals surface area contributed by atoms with Crippen molar-refractivity contribution in [2.45, 2.75) is 45.8 Å². The Labute approximate surface area is 201 Å². The summed E-state index contributed by atoms with van der Waals surface area (Å²) in [6, 6.07) is 13.4. The Morgan fingerprint density at radius 3 is 2.15 bits per heavy atom. The third-order valence-electron chi connectivity index (χ3n) is 5.50. The molecular formula is C24H33FN4O4S. The summed E-state index contributed by atoms with van der Waals surface area (Å²) < 4.78 is 42.3. The molecule has 0 bridgehead atoms. The first-order valence-electron chi connectivity index (χ1n) is 11.1. The standard InChI is InChI=1S/C24H33FN4O4S/c1-6-18(2)26-24(31)19(3)28(16-20-12-8-7-9-13-20)23(30)17-29(34(32,33)27(4)5)22-15-11-10-14-21(22)25/h7-15,18-19H,6,16-17H2,1-5H3,(H,26,31)/t18-,19-/m0/s1. The molecule has 2 atom stereocenters.